The number of rotatable bonds is 5. The first-order valence-corrected chi connectivity index (χ1v) is 30.5. The first kappa shape index (κ1) is 64.6. The summed E-state index contributed by atoms with van der Waals surface area (Å²) < 4.78 is 24.3. The van der Waals surface area contributed by atoms with Gasteiger partial charge in [-0.15, -0.1) is 0 Å². The lowest BCUT2D eigenvalue weighted by molar-refractivity contribution is -0.142. The van der Waals surface area contributed by atoms with Crippen molar-refractivity contribution in [2.24, 2.45) is 0 Å². The van der Waals surface area contributed by atoms with Crippen LogP contribution in [-0.2, 0) is 44.7 Å². The molecule has 0 aliphatic carbocycles. The number of phenols is 6. The topological polar surface area (TPSA) is 389 Å². The Labute approximate surface area is 550 Å². The van der Waals surface area contributed by atoms with Gasteiger partial charge in [-0.25, -0.2) is 0 Å². The van der Waals surface area contributed by atoms with E-state index >= 15 is 24.0 Å². The van der Waals surface area contributed by atoms with Gasteiger partial charge < -0.3 is 102 Å². The summed E-state index contributed by atoms with van der Waals surface area (Å²) in [5, 5.41) is 101. The van der Waals surface area contributed by atoms with Crippen molar-refractivity contribution < 1.29 is 88.3 Å². The minimum atomic E-state index is -2.15. The molecule has 7 aromatic rings. The summed E-state index contributed by atoms with van der Waals surface area (Å²) in [6, 6.07) is 10.4. The molecule has 29 heteroatoms. The number of ether oxygens (including phenoxy) is 4. The number of amides is 7. The zero-order valence-electron chi connectivity index (χ0n) is 50.3. The number of aliphatic hydroxyl groups is 1. The van der Waals surface area contributed by atoms with Crippen LogP contribution in [0.15, 0.2) is 115 Å². The van der Waals surface area contributed by atoms with Gasteiger partial charge in [-0.05, 0) is 132 Å². The molecule has 7 amide bonds. The Bertz CT molecular complexity index is 4300. The Balaban J connectivity index is 1.06. The van der Waals surface area contributed by atoms with Crippen LogP contribution in [0.5, 0.6) is 69.0 Å². The summed E-state index contributed by atoms with van der Waals surface area (Å²) in [4.78, 5) is 110. The third-order valence-electron chi connectivity index (χ3n) is 16.6. The summed E-state index contributed by atoms with van der Waals surface area (Å²) in [5.74, 6) is -12.9. The van der Waals surface area contributed by atoms with E-state index in [1.807, 2.05) is 19.0 Å². The highest BCUT2D eigenvalue weighted by Gasteiger charge is 2.42. The van der Waals surface area contributed by atoms with Crippen molar-refractivity contribution >= 4 is 64.6 Å². The number of carbonyl (C=O) groups is 7. The Kier molecular flexibility index (Phi) is 18.0. The number of morpholine rings is 1. The Morgan fingerprint density at radius 3 is 1.84 bits per heavy atom. The minimum absolute atomic E-state index is 0.0292. The zero-order chi connectivity index (χ0) is 67.3. The Morgan fingerprint density at radius 1 is 0.558 bits per heavy atom. The molecule has 492 valence electrons. The second-order valence-electron chi connectivity index (χ2n) is 23.4. The molecule has 7 heterocycles. The maximum absolute atomic E-state index is 16.0. The number of phenolic OH excluding ortho intramolecular Hbond substituents is 6. The number of hydrogen-bond donors (Lipinski definition) is 14. The van der Waals surface area contributed by atoms with E-state index in [1.165, 1.54) is 77.7 Å². The second-order valence-corrected chi connectivity index (χ2v) is 24.2. The lowest BCUT2D eigenvalue weighted by Gasteiger charge is -2.34. The molecule has 7 aliphatic rings. The minimum Gasteiger partial charge on any atom is -0.508 e. The molecule has 0 unspecified atom stereocenters. The van der Waals surface area contributed by atoms with Gasteiger partial charge in [0, 0.05) is 55.9 Å². The first-order valence-electron chi connectivity index (χ1n) is 29.7. The van der Waals surface area contributed by atoms with E-state index in [9.17, 15) is 45.3 Å². The highest BCUT2D eigenvalue weighted by molar-refractivity contribution is 6.32. The number of nitrogens with one attached hydrogen (secondary N) is 7. The summed E-state index contributed by atoms with van der Waals surface area (Å²) >= 11 is 13.9. The Morgan fingerprint density at radius 2 is 1.16 bits per heavy atom. The molecule has 0 radical (unpaired) electrons. The Hall–Kier alpha value is -10.6. The van der Waals surface area contributed by atoms with Gasteiger partial charge in [0.25, 0.3) is 0 Å². The van der Waals surface area contributed by atoms with E-state index < -0.39 is 136 Å². The SMILES string of the molecule is CN(C)CCN[C@@H]1C(=O)N[C@@H]2Cc3ccc(c(Cl)c3)Oc3cc4cc(c3O)Oc3ccc(cc3Cl)[C@@H](O)[C@@H]3NC(=O)[C@H](NC(=O)[C@@H]4NC(=O)[C@@H](NC2=O)c2cc(O)cc(c2)Oc2cc1ccc2O)c1ccc(O)c(c1)-c1c(O)cc(O)cc1[C@@H](C(=O)N1CCOCC1)NC3=O. The first-order chi connectivity index (χ1) is 45.4. The molecule has 0 saturated carbocycles. The highest BCUT2D eigenvalue weighted by atomic mass is 35.5. The molecule has 14 N–H and O–H groups in total. The molecule has 7 aliphatic heterocycles. The van der Waals surface area contributed by atoms with Crippen molar-refractivity contribution in [3.63, 3.8) is 0 Å². The van der Waals surface area contributed by atoms with Crippen LogP contribution in [0.2, 0.25) is 10.0 Å². The van der Waals surface area contributed by atoms with Crippen LogP contribution < -0.4 is 51.4 Å². The summed E-state index contributed by atoms with van der Waals surface area (Å²) in [6.45, 7) is 0.934. The van der Waals surface area contributed by atoms with Crippen molar-refractivity contribution in [1.29, 1.82) is 0 Å². The maximum Gasteiger partial charge on any atom is 0.249 e. The number of benzene rings is 7. The zero-order valence-corrected chi connectivity index (χ0v) is 51.8. The normalized spacial score (nSPS) is 22.0. The van der Waals surface area contributed by atoms with Crippen LogP contribution in [0.1, 0.15) is 75.3 Å². The lowest BCUT2D eigenvalue weighted by atomic mass is 9.89. The number of hydrogen-bond acceptors (Lipinski definition) is 20. The largest absolute Gasteiger partial charge is 0.508 e. The van der Waals surface area contributed by atoms with E-state index in [-0.39, 0.29) is 117 Å². The molecule has 0 aromatic heterocycles. The van der Waals surface area contributed by atoms with E-state index in [4.69, 9.17) is 42.1 Å². The molecule has 1 fully saturated rings. The van der Waals surface area contributed by atoms with E-state index in [0.717, 1.165) is 42.5 Å². The number of carbonyl (C=O) groups excluding carboxylic acids is 7. The van der Waals surface area contributed by atoms with Crippen molar-refractivity contribution in [1.82, 2.24) is 47.0 Å². The maximum atomic E-state index is 16.0. The fourth-order valence-corrected chi connectivity index (χ4v) is 12.3. The second kappa shape index (κ2) is 26.5. The summed E-state index contributed by atoms with van der Waals surface area (Å²) in [5.41, 5.74) is -1.15. The lowest BCUT2D eigenvalue weighted by Crippen LogP contribution is -2.56. The van der Waals surface area contributed by atoms with Gasteiger partial charge in [-0.1, -0.05) is 47.5 Å². The molecule has 17 bridgehead atoms. The highest BCUT2D eigenvalue weighted by Crippen LogP contribution is 2.48. The van der Waals surface area contributed by atoms with Crippen molar-refractivity contribution in [2.75, 3.05) is 53.5 Å². The van der Waals surface area contributed by atoms with Crippen LogP contribution in [0, 0.1) is 0 Å². The van der Waals surface area contributed by atoms with Gasteiger partial charge >= 0.3 is 0 Å². The third-order valence-corrected chi connectivity index (χ3v) is 17.2. The molecule has 0 spiro atoms. The molecular formula is C66H61Cl2N9O18. The van der Waals surface area contributed by atoms with E-state index in [1.54, 1.807) is 0 Å². The van der Waals surface area contributed by atoms with Crippen molar-refractivity contribution in [3.05, 3.63) is 164 Å². The van der Waals surface area contributed by atoms with Crippen molar-refractivity contribution in [2.45, 2.75) is 54.8 Å². The molecule has 7 aromatic carbocycles. The number of likely N-dealkylation sites (N-methyl/N-ethyl adjacent to an activating group) is 1. The average molecular weight is 1340 g/mol. The molecule has 95 heavy (non-hydrogen) atoms. The number of fused-ring (bicyclic) bond motifs is 14. The van der Waals surface area contributed by atoms with Gasteiger partial charge in [0.15, 0.2) is 23.0 Å². The molecule has 27 nitrogen and oxygen atoms in total. The van der Waals surface area contributed by atoms with Crippen LogP contribution >= 0.6 is 23.2 Å². The standard InChI is InChI=1S/C66H61Cl2N9O18/c1-76(2)12-11-69-52-31-5-8-44(81)48(23-31)93-37-20-33(19-35(78)26-37)54-63(88)73-55-34-24-49(94-46-9-3-29(17-40(46)67)18-42(60(85)71-54)70-61(52)86)59(84)50(25-34)95-47-10-6-32(22-41(47)68)58(83)57-65(90)74-56(66(91)77-13-15-92-16-14-77)39-27-36(79)28-45(82)51(39)38-21-30(4-7-43(38)80)53(62(87)75-57)72-64(55)89/h3-10,17,19-28,42,52-58,69,78-84H,11-16,18H2,1-2H3,(H,70,86)(H,71,85)(H,72,89)(H,73,88)(H,74,90)(H,75,87)/t42-,52+,53-,54+,55-,56+,57+,58-/m1/s1. The van der Waals surface area contributed by atoms with E-state index in [2.05, 4.69) is 37.2 Å². The third kappa shape index (κ3) is 13.4. The van der Waals surface area contributed by atoms with Crippen LogP contribution in [-0.4, -0.2) is 152 Å². The van der Waals surface area contributed by atoms with Gasteiger partial charge in [0.2, 0.25) is 47.1 Å². The fraction of sp³-hybridized carbons (Fsp3) is 0.258. The summed E-state index contributed by atoms with van der Waals surface area (Å²) in [7, 11) is 3.65. The summed E-state index contributed by atoms with van der Waals surface area (Å²) in [6.07, 6.45) is -2.39. The van der Waals surface area contributed by atoms with Gasteiger partial charge in [-0.3, -0.25) is 33.6 Å². The van der Waals surface area contributed by atoms with Crippen LogP contribution in [0.3, 0.4) is 0 Å². The van der Waals surface area contributed by atoms with Gasteiger partial charge in [0.05, 0.1) is 23.3 Å². The van der Waals surface area contributed by atoms with Crippen LogP contribution in [0.25, 0.3) is 11.1 Å². The molecule has 1 saturated heterocycles. The van der Waals surface area contributed by atoms with Crippen LogP contribution in [0.4, 0.5) is 0 Å². The molecule has 14 rings (SSSR count). The molecular weight excluding hydrogens is 1280 g/mol. The quantitative estimate of drug-likeness (QED) is 0.108. The molecule has 8 atom stereocenters. The number of halogens is 2. The predicted octanol–water partition coefficient (Wildman–Crippen LogP) is 4.95. The van der Waals surface area contributed by atoms with Crippen molar-refractivity contribution in [3.8, 4) is 80.1 Å². The predicted molar refractivity (Wildman–Crippen MR) is 337 cm³/mol. The number of aliphatic hydroxyl groups excluding tert-OH is 1. The van der Waals surface area contributed by atoms with Gasteiger partial charge in [0.1, 0.15) is 88.6 Å². The fourth-order valence-electron chi connectivity index (χ4n) is 11.8. The smallest absolute Gasteiger partial charge is 0.249 e. The van der Waals surface area contributed by atoms with E-state index in [0.29, 0.717) is 12.1 Å². The average Bonchev–Trinajstić information content (AvgIpc) is 0.779. The monoisotopic (exact) mass is 1340 g/mol. The van der Waals surface area contributed by atoms with Gasteiger partial charge in [-0.2, -0.15) is 0 Å². The number of nitrogens with zero attached hydrogens (tertiary/aromatic N) is 2. The number of aromatic hydroxyl groups is 6.